The van der Waals surface area contributed by atoms with Crippen LogP contribution in [0, 0.1) is 5.92 Å². The fraction of sp³-hybridized carbons (Fsp3) is 0.643. The number of nitrogens with zero attached hydrogens (tertiary/aromatic N) is 2. The number of piperidine rings is 1. The molecular weight excluding hydrogens is 210 g/mol. The van der Waals surface area contributed by atoms with Crippen molar-refractivity contribution in [1.82, 2.24) is 15.2 Å². The molecule has 17 heavy (non-hydrogen) atoms. The molecule has 2 saturated heterocycles. The minimum absolute atomic E-state index is 0.797. The summed E-state index contributed by atoms with van der Waals surface area (Å²) in [5.41, 5.74) is 1.41. The maximum absolute atomic E-state index is 4.07. The van der Waals surface area contributed by atoms with Crippen LogP contribution in [0.1, 0.15) is 18.4 Å². The summed E-state index contributed by atoms with van der Waals surface area (Å²) in [6, 6.07) is 5.06. The third kappa shape index (κ3) is 2.50. The molecule has 0 bridgehead atoms. The molecule has 2 fully saturated rings. The largest absolute Gasteiger partial charge is 0.315 e. The highest BCUT2D eigenvalue weighted by Crippen LogP contribution is 2.26. The summed E-state index contributed by atoms with van der Waals surface area (Å²) in [5, 5.41) is 3.54. The molecule has 2 aliphatic rings. The van der Waals surface area contributed by atoms with Crippen molar-refractivity contribution in [2.24, 2.45) is 5.92 Å². The van der Waals surface area contributed by atoms with Crippen LogP contribution in [0.3, 0.4) is 0 Å². The van der Waals surface area contributed by atoms with Gasteiger partial charge in [-0.3, -0.25) is 9.88 Å². The first-order valence-corrected chi connectivity index (χ1v) is 6.77. The maximum Gasteiger partial charge on any atom is 0.0270 e. The van der Waals surface area contributed by atoms with Crippen LogP contribution in [0.15, 0.2) is 24.5 Å². The molecule has 3 heteroatoms. The van der Waals surface area contributed by atoms with E-state index in [-0.39, 0.29) is 0 Å². The van der Waals surface area contributed by atoms with E-state index < -0.39 is 0 Å². The Bertz CT molecular complexity index is 352. The zero-order chi connectivity index (χ0) is 11.5. The topological polar surface area (TPSA) is 28.2 Å². The molecule has 1 aromatic heterocycles. The maximum atomic E-state index is 4.07. The summed E-state index contributed by atoms with van der Waals surface area (Å²) in [6.07, 6.45) is 7.74. The summed E-state index contributed by atoms with van der Waals surface area (Å²) in [7, 11) is 0. The van der Waals surface area contributed by atoms with Gasteiger partial charge in [0, 0.05) is 31.5 Å². The number of aromatic nitrogens is 1. The molecule has 0 aliphatic carbocycles. The van der Waals surface area contributed by atoms with Crippen LogP contribution in [0.4, 0.5) is 0 Å². The first-order chi connectivity index (χ1) is 8.43. The van der Waals surface area contributed by atoms with Crippen molar-refractivity contribution >= 4 is 0 Å². The van der Waals surface area contributed by atoms with E-state index in [0.717, 1.165) is 18.4 Å². The molecule has 3 rings (SSSR count). The van der Waals surface area contributed by atoms with Crippen LogP contribution in [0.25, 0.3) is 0 Å². The van der Waals surface area contributed by atoms with Gasteiger partial charge in [-0.25, -0.2) is 0 Å². The number of pyridine rings is 1. The zero-order valence-corrected chi connectivity index (χ0v) is 10.3. The van der Waals surface area contributed by atoms with Crippen LogP contribution in [0.2, 0.25) is 0 Å². The highest BCUT2D eigenvalue weighted by molar-refractivity contribution is 5.10. The summed E-state index contributed by atoms with van der Waals surface area (Å²) in [6.45, 7) is 4.91. The third-order valence-corrected chi connectivity index (χ3v) is 4.23. The lowest BCUT2D eigenvalue weighted by Gasteiger charge is -2.37. The standard InChI is InChI=1S/C14H21N3/c1-2-13-10-16-11-14(13)17(8-1)9-5-12-3-6-15-7-4-12/h3-4,6-7,13-14,16H,1-2,5,8-11H2. The Hall–Kier alpha value is -0.930. The molecule has 92 valence electrons. The summed E-state index contributed by atoms with van der Waals surface area (Å²) >= 11 is 0. The summed E-state index contributed by atoms with van der Waals surface area (Å²) < 4.78 is 0. The van der Waals surface area contributed by atoms with Crippen LogP contribution < -0.4 is 5.32 Å². The highest BCUT2D eigenvalue weighted by Gasteiger charge is 2.34. The van der Waals surface area contributed by atoms with E-state index in [4.69, 9.17) is 0 Å². The van der Waals surface area contributed by atoms with Gasteiger partial charge in [0.2, 0.25) is 0 Å². The van der Waals surface area contributed by atoms with Gasteiger partial charge < -0.3 is 5.32 Å². The molecule has 2 atom stereocenters. The minimum atomic E-state index is 0.797. The Kier molecular flexibility index (Phi) is 3.39. The van der Waals surface area contributed by atoms with Crippen LogP contribution >= 0.6 is 0 Å². The van der Waals surface area contributed by atoms with Crippen molar-refractivity contribution in [3.05, 3.63) is 30.1 Å². The van der Waals surface area contributed by atoms with E-state index in [1.807, 2.05) is 12.4 Å². The van der Waals surface area contributed by atoms with Crippen molar-refractivity contribution in [3.63, 3.8) is 0 Å². The van der Waals surface area contributed by atoms with E-state index in [1.165, 1.54) is 44.6 Å². The van der Waals surface area contributed by atoms with Gasteiger partial charge in [-0.15, -0.1) is 0 Å². The lowest BCUT2D eigenvalue weighted by Crippen LogP contribution is -2.45. The Morgan fingerprint density at radius 2 is 2.18 bits per heavy atom. The van der Waals surface area contributed by atoms with Crippen LogP contribution in [-0.2, 0) is 6.42 Å². The highest BCUT2D eigenvalue weighted by atomic mass is 15.2. The van der Waals surface area contributed by atoms with Crippen molar-refractivity contribution in [1.29, 1.82) is 0 Å². The number of hydrogen-bond acceptors (Lipinski definition) is 3. The van der Waals surface area contributed by atoms with Crippen LogP contribution in [0.5, 0.6) is 0 Å². The molecule has 0 spiro atoms. The predicted molar refractivity (Wildman–Crippen MR) is 68.9 cm³/mol. The quantitative estimate of drug-likeness (QED) is 0.850. The van der Waals surface area contributed by atoms with Gasteiger partial charge in [0.05, 0.1) is 0 Å². The fourth-order valence-corrected chi connectivity index (χ4v) is 3.26. The normalized spacial score (nSPS) is 29.2. The molecule has 1 N–H and O–H groups in total. The SMILES string of the molecule is c1cc(CCN2CCCC3CNCC32)ccn1. The number of nitrogens with one attached hydrogen (secondary N) is 1. The van der Waals surface area contributed by atoms with Gasteiger partial charge in [-0.1, -0.05) is 0 Å². The van der Waals surface area contributed by atoms with Gasteiger partial charge in [0.1, 0.15) is 0 Å². The Morgan fingerprint density at radius 3 is 3.06 bits per heavy atom. The number of rotatable bonds is 3. The number of likely N-dealkylation sites (tertiary alicyclic amines) is 1. The van der Waals surface area contributed by atoms with E-state index in [2.05, 4.69) is 27.3 Å². The van der Waals surface area contributed by atoms with Crippen molar-refractivity contribution in [2.75, 3.05) is 26.2 Å². The van der Waals surface area contributed by atoms with Gasteiger partial charge in [0.15, 0.2) is 0 Å². The number of fused-ring (bicyclic) bond motifs is 1. The molecule has 2 aliphatic heterocycles. The molecule has 0 aromatic carbocycles. The molecule has 3 heterocycles. The van der Waals surface area contributed by atoms with Crippen molar-refractivity contribution in [2.45, 2.75) is 25.3 Å². The lowest BCUT2D eigenvalue weighted by molar-refractivity contribution is 0.126. The van der Waals surface area contributed by atoms with Gasteiger partial charge in [-0.2, -0.15) is 0 Å². The molecule has 0 amide bonds. The Labute approximate surface area is 103 Å². The molecule has 0 radical (unpaired) electrons. The van der Waals surface area contributed by atoms with Crippen molar-refractivity contribution < 1.29 is 0 Å². The minimum Gasteiger partial charge on any atom is -0.315 e. The molecule has 1 aromatic rings. The summed E-state index contributed by atoms with van der Waals surface area (Å²) in [4.78, 5) is 6.76. The molecule has 3 nitrogen and oxygen atoms in total. The van der Waals surface area contributed by atoms with Gasteiger partial charge in [0.25, 0.3) is 0 Å². The van der Waals surface area contributed by atoms with E-state index in [1.54, 1.807) is 0 Å². The molecule has 0 saturated carbocycles. The first-order valence-electron chi connectivity index (χ1n) is 6.77. The smallest absolute Gasteiger partial charge is 0.0270 e. The average Bonchev–Trinajstić information content (AvgIpc) is 2.86. The lowest BCUT2D eigenvalue weighted by atomic mass is 9.92. The second-order valence-corrected chi connectivity index (χ2v) is 5.27. The van der Waals surface area contributed by atoms with Gasteiger partial charge in [-0.05, 0) is 56.0 Å². The van der Waals surface area contributed by atoms with E-state index >= 15 is 0 Å². The monoisotopic (exact) mass is 231 g/mol. The van der Waals surface area contributed by atoms with E-state index in [0.29, 0.717) is 0 Å². The second kappa shape index (κ2) is 5.15. The molecular formula is C14H21N3. The van der Waals surface area contributed by atoms with Gasteiger partial charge >= 0.3 is 0 Å². The number of hydrogen-bond donors (Lipinski definition) is 1. The van der Waals surface area contributed by atoms with Crippen molar-refractivity contribution in [3.8, 4) is 0 Å². The summed E-state index contributed by atoms with van der Waals surface area (Å²) in [5.74, 6) is 0.904. The molecule has 2 unspecified atom stereocenters. The Morgan fingerprint density at radius 1 is 1.29 bits per heavy atom. The predicted octanol–water partition coefficient (Wildman–Crippen LogP) is 1.31. The second-order valence-electron chi connectivity index (χ2n) is 5.27. The Balaban J connectivity index is 1.57. The first kappa shape index (κ1) is 11.2. The zero-order valence-electron chi connectivity index (χ0n) is 10.3. The van der Waals surface area contributed by atoms with Crippen LogP contribution in [-0.4, -0.2) is 42.1 Å². The average molecular weight is 231 g/mol. The van der Waals surface area contributed by atoms with E-state index in [9.17, 15) is 0 Å². The third-order valence-electron chi connectivity index (χ3n) is 4.23. The fourth-order valence-electron chi connectivity index (χ4n) is 3.26.